The maximum Gasteiger partial charge on any atom is 0.161 e. The van der Waals surface area contributed by atoms with Crippen LogP contribution in [-0.2, 0) is 0 Å². The Morgan fingerprint density at radius 3 is 2.86 bits per heavy atom. The van der Waals surface area contributed by atoms with E-state index in [4.69, 9.17) is 0 Å². The fourth-order valence-electron chi connectivity index (χ4n) is 1.40. The smallest absolute Gasteiger partial charge is 0.161 e. The molecule has 2 aromatic rings. The van der Waals surface area contributed by atoms with E-state index in [1.54, 1.807) is 25.6 Å². The number of aliphatic hydroxyl groups is 1. The molecule has 2 rings (SSSR count). The van der Waals surface area contributed by atoms with Crippen molar-refractivity contribution in [3.8, 4) is 0 Å². The number of rotatable bonds is 3. The van der Waals surface area contributed by atoms with Crippen LogP contribution in [0.1, 0.15) is 11.8 Å². The van der Waals surface area contributed by atoms with E-state index in [9.17, 15) is 5.11 Å². The van der Waals surface area contributed by atoms with Gasteiger partial charge in [0.05, 0.1) is 0 Å². The molecule has 0 aliphatic heterocycles. The third-order valence-electron chi connectivity index (χ3n) is 2.05. The third kappa shape index (κ3) is 1.47. The molecular formula is C9H12N4O. The van der Waals surface area contributed by atoms with Gasteiger partial charge in [-0.3, -0.25) is 4.98 Å². The normalized spacial score (nSPS) is 13.3. The molecule has 0 bridgehead atoms. The molecule has 5 nitrogen and oxygen atoms in total. The first-order chi connectivity index (χ1) is 6.83. The molecule has 1 atom stereocenters. The SMILES string of the molecule is CNCC(O)c1nccn2ccnc12. The third-order valence-corrected chi connectivity index (χ3v) is 2.05. The van der Waals surface area contributed by atoms with Crippen LogP contribution in [0.2, 0.25) is 0 Å². The number of likely N-dealkylation sites (N-methyl/N-ethyl adjacent to an activating group) is 1. The van der Waals surface area contributed by atoms with Gasteiger partial charge in [-0.15, -0.1) is 0 Å². The van der Waals surface area contributed by atoms with Gasteiger partial charge in [-0.1, -0.05) is 0 Å². The van der Waals surface area contributed by atoms with Crippen LogP contribution in [0.5, 0.6) is 0 Å². The second-order valence-electron chi connectivity index (χ2n) is 3.04. The molecule has 5 heteroatoms. The Morgan fingerprint density at radius 2 is 2.14 bits per heavy atom. The fraction of sp³-hybridized carbons (Fsp3) is 0.333. The van der Waals surface area contributed by atoms with E-state index in [1.807, 2.05) is 10.6 Å². The minimum atomic E-state index is -0.619. The standard InChI is InChI=1S/C9H12N4O/c1-10-6-7(14)8-9-12-3-5-13(9)4-2-11-8/h2-5,7,10,14H,6H2,1H3. The van der Waals surface area contributed by atoms with Gasteiger partial charge in [-0.25, -0.2) is 4.98 Å². The average Bonchev–Trinajstić information content (AvgIpc) is 2.65. The van der Waals surface area contributed by atoms with Crippen LogP contribution in [0.15, 0.2) is 24.8 Å². The molecule has 0 spiro atoms. The van der Waals surface area contributed by atoms with Gasteiger partial charge in [0.25, 0.3) is 0 Å². The lowest BCUT2D eigenvalue weighted by molar-refractivity contribution is 0.174. The van der Waals surface area contributed by atoms with Gasteiger partial charge in [-0.2, -0.15) is 0 Å². The summed E-state index contributed by atoms with van der Waals surface area (Å²) in [7, 11) is 1.79. The van der Waals surface area contributed by atoms with Crippen molar-refractivity contribution in [2.45, 2.75) is 6.10 Å². The molecule has 2 N–H and O–H groups in total. The first kappa shape index (κ1) is 9.11. The largest absolute Gasteiger partial charge is 0.385 e. The van der Waals surface area contributed by atoms with E-state index in [2.05, 4.69) is 15.3 Å². The van der Waals surface area contributed by atoms with E-state index >= 15 is 0 Å². The second-order valence-corrected chi connectivity index (χ2v) is 3.04. The van der Waals surface area contributed by atoms with Gasteiger partial charge in [0.1, 0.15) is 11.8 Å². The van der Waals surface area contributed by atoms with Crippen molar-refractivity contribution in [1.29, 1.82) is 0 Å². The van der Waals surface area contributed by atoms with Crippen LogP contribution in [0.3, 0.4) is 0 Å². The summed E-state index contributed by atoms with van der Waals surface area (Å²) in [5.74, 6) is 0. The zero-order chi connectivity index (χ0) is 9.97. The molecule has 14 heavy (non-hydrogen) atoms. The highest BCUT2D eigenvalue weighted by Gasteiger charge is 2.12. The summed E-state index contributed by atoms with van der Waals surface area (Å²) in [6.07, 6.45) is 6.35. The number of nitrogens with one attached hydrogen (secondary N) is 1. The number of hydrogen-bond acceptors (Lipinski definition) is 4. The highest BCUT2D eigenvalue weighted by molar-refractivity contribution is 5.44. The number of aliphatic hydroxyl groups excluding tert-OH is 1. The van der Waals surface area contributed by atoms with Gasteiger partial charge >= 0.3 is 0 Å². The molecule has 0 amide bonds. The zero-order valence-corrected chi connectivity index (χ0v) is 7.88. The topological polar surface area (TPSA) is 62.5 Å². The van der Waals surface area contributed by atoms with Crippen molar-refractivity contribution in [3.05, 3.63) is 30.5 Å². The van der Waals surface area contributed by atoms with E-state index in [0.29, 0.717) is 17.9 Å². The number of aromatic nitrogens is 3. The molecule has 2 heterocycles. The Labute approximate surface area is 81.4 Å². The molecular weight excluding hydrogens is 180 g/mol. The Kier molecular flexibility index (Phi) is 2.43. The maximum absolute atomic E-state index is 9.76. The van der Waals surface area contributed by atoms with Crippen molar-refractivity contribution in [1.82, 2.24) is 19.7 Å². The lowest BCUT2D eigenvalue weighted by atomic mass is 10.2. The van der Waals surface area contributed by atoms with E-state index in [0.717, 1.165) is 0 Å². The first-order valence-corrected chi connectivity index (χ1v) is 4.43. The van der Waals surface area contributed by atoms with Gasteiger partial charge < -0.3 is 14.8 Å². The quantitative estimate of drug-likeness (QED) is 0.717. The molecule has 0 saturated heterocycles. The zero-order valence-electron chi connectivity index (χ0n) is 7.88. The minimum absolute atomic E-state index is 0.472. The molecule has 0 fully saturated rings. The van der Waals surface area contributed by atoms with Crippen LogP contribution in [0.4, 0.5) is 0 Å². The highest BCUT2D eigenvalue weighted by atomic mass is 16.3. The van der Waals surface area contributed by atoms with Gasteiger partial charge in [-0.05, 0) is 7.05 Å². The Balaban J connectivity index is 2.45. The maximum atomic E-state index is 9.76. The number of nitrogens with zero attached hydrogens (tertiary/aromatic N) is 3. The van der Waals surface area contributed by atoms with E-state index in [1.165, 1.54) is 0 Å². The first-order valence-electron chi connectivity index (χ1n) is 4.43. The molecule has 1 unspecified atom stereocenters. The summed E-state index contributed by atoms with van der Waals surface area (Å²) >= 11 is 0. The molecule has 0 aliphatic rings. The fourth-order valence-corrected chi connectivity index (χ4v) is 1.40. The molecule has 0 aromatic carbocycles. The van der Waals surface area contributed by atoms with Crippen LogP contribution in [-0.4, -0.2) is 33.1 Å². The molecule has 0 radical (unpaired) electrons. The summed E-state index contributed by atoms with van der Waals surface area (Å²) in [6, 6.07) is 0. The van der Waals surface area contributed by atoms with Crippen LogP contribution >= 0.6 is 0 Å². The molecule has 74 valence electrons. The number of fused-ring (bicyclic) bond motifs is 1. The summed E-state index contributed by atoms with van der Waals surface area (Å²) in [5, 5.41) is 12.7. The van der Waals surface area contributed by atoms with E-state index < -0.39 is 6.10 Å². The average molecular weight is 192 g/mol. The lowest BCUT2D eigenvalue weighted by Crippen LogP contribution is -2.18. The Morgan fingerprint density at radius 1 is 1.43 bits per heavy atom. The molecule has 2 aromatic heterocycles. The van der Waals surface area contributed by atoms with Crippen LogP contribution < -0.4 is 5.32 Å². The molecule has 0 aliphatic carbocycles. The summed E-state index contributed by atoms with van der Waals surface area (Å²) < 4.78 is 1.83. The van der Waals surface area contributed by atoms with Crippen molar-refractivity contribution < 1.29 is 5.11 Å². The minimum Gasteiger partial charge on any atom is -0.385 e. The number of hydrogen-bond donors (Lipinski definition) is 2. The lowest BCUT2D eigenvalue weighted by Gasteiger charge is -2.09. The predicted molar refractivity (Wildman–Crippen MR) is 51.9 cm³/mol. The van der Waals surface area contributed by atoms with Gasteiger partial charge in [0.2, 0.25) is 0 Å². The summed E-state index contributed by atoms with van der Waals surface area (Å²) in [4.78, 5) is 8.26. The van der Waals surface area contributed by atoms with Crippen molar-refractivity contribution in [3.63, 3.8) is 0 Å². The Bertz CT molecular complexity index is 425. The monoisotopic (exact) mass is 192 g/mol. The highest BCUT2D eigenvalue weighted by Crippen LogP contribution is 2.13. The van der Waals surface area contributed by atoms with Crippen molar-refractivity contribution in [2.75, 3.05) is 13.6 Å². The van der Waals surface area contributed by atoms with Crippen LogP contribution in [0.25, 0.3) is 5.65 Å². The predicted octanol–water partition coefficient (Wildman–Crippen LogP) is -0.0179. The van der Waals surface area contributed by atoms with Crippen molar-refractivity contribution >= 4 is 5.65 Å². The summed E-state index contributed by atoms with van der Waals surface area (Å²) in [5.41, 5.74) is 1.31. The van der Waals surface area contributed by atoms with Crippen molar-refractivity contribution in [2.24, 2.45) is 0 Å². The van der Waals surface area contributed by atoms with Crippen LogP contribution in [0, 0.1) is 0 Å². The van der Waals surface area contributed by atoms with Gasteiger partial charge in [0, 0.05) is 31.3 Å². The summed E-state index contributed by atoms with van der Waals surface area (Å²) in [6.45, 7) is 0.472. The molecule has 0 saturated carbocycles. The number of imidazole rings is 1. The van der Waals surface area contributed by atoms with Gasteiger partial charge in [0.15, 0.2) is 5.65 Å². The second kappa shape index (κ2) is 3.73. The van der Waals surface area contributed by atoms with E-state index in [-0.39, 0.29) is 0 Å². The Hall–Kier alpha value is -1.46.